The lowest BCUT2D eigenvalue weighted by atomic mass is 10.0. The van der Waals surface area contributed by atoms with Crippen molar-refractivity contribution in [3.05, 3.63) is 39.8 Å². The number of hydrogen-bond donors (Lipinski definition) is 1. The number of rotatable bonds is 5. The average molecular weight is 386 g/mol. The molecule has 2 heterocycles. The second kappa shape index (κ2) is 7.39. The highest BCUT2D eigenvalue weighted by molar-refractivity contribution is 7.89. The Labute approximate surface area is 151 Å². The molecule has 8 heteroatoms. The highest BCUT2D eigenvalue weighted by atomic mass is 35.5. The molecule has 1 aromatic carbocycles. The molecule has 1 aliphatic rings. The van der Waals surface area contributed by atoms with Gasteiger partial charge in [-0.05, 0) is 43.0 Å². The number of benzene rings is 1. The highest BCUT2D eigenvalue weighted by Gasteiger charge is 2.28. The summed E-state index contributed by atoms with van der Waals surface area (Å²) in [4.78, 5) is 5.37. The van der Waals surface area contributed by atoms with Crippen LogP contribution in [0.15, 0.2) is 35.4 Å². The lowest BCUT2D eigenvalue weighted by Crippen LogP contribution is -2.39. The summed E-state index contributed by atoms with van der Waals surface area (Å²) in [5, 5.41) is 3.24. The highest BCUT2D eigenvalue weighted by Crippen LogP contribution is 2.25. The number of aromatic nitrogens is 1. The smallest absolute Gasteiger partial charge is 0.243 e. The quantitative estimate of drug-likeness (QED) is 0.849. The molecule has 0 amide bonds. The Kier molecular flexibility index (Phi) is 5.44. The van der Waals surface area contributed by atoms with Gasteiger partial charge in [-0.2, -0.15) is 4.31 Å². The minimum Gasteiger partial charge on any atom is -0.380 e. The van der Waals surface area contributed by atoms with Gasteiger partial charge in [0.25, 0.3) is 0 Å². The van der Waals surface area contributed by atoms with Crippen LogP contribution in [0.25, 0.3) is 0 Å². The molecular formula is C16H20ClN3O2S2. The molecule has 3 rings (SSSR count). The van der Waals surface area contributed by atoms with Gasteiger partial charge in [0.2, 0.25) is 10.0 Å². The van der Waals surface area contributed by atoms with Gasteiger partial charge in [0.15, 0.2) is 4.47 Å². The van der Waals surface area contributed by atoms with Crippen LogP contribution in [-0.4, -0.2) is 30.8 Å². The van der Waals surface area contributed by atoms with Gasteiger partial charge in [-0.25, -0.2) is 13.4 Å². The maximum absolute atomic E-state index is 12.7. The lowest BCUT2D eigenvalue weighted by molar-refractivity contribution is 0.281. The van der Waals surface area contributed by atoms with E-state index in [0.717, 1.165) is 23.4 Å². The molecule has 0 spiro atoms. The Morgan fingerprint density at radius 2 is 2.12 bits per heavy atom. The van der Waals surface area contributed by atoms with E-state index in [1.807, 2.05) is 0 Å². The van der Waals surface area contributed by atoms with Crippen LogP contribution < -0.4 is 5.32 Å². The molecule has 1 N–H and O–H groups in total. The second-order valence-corrected chi connectivity index (χ2v) is 9.70. The van der Waals surface area contributed by atoms with Crippen LogP contribution in [-0.2, 0) is 16.6 Å². The lowest BCUT2D eigenvalue weighted by Gasteiger charge is -2.30. The number of anilines is 1. The van der Waals surface area contributed by atoms with Crippen molar-refractivity contribution in [2.24, 2.45) is 5.92 Å². The van der Waals surface area contributed by atoms with Crippen molar-refractivity contribution in [2.45, 2.75) is 31.2 Å². The average Bonchev–Trinajstić information content (AvgIpc) is 2.99. The topological polar surface area (TPSA) is 62.3 Å². The van der Waals surface area contributed by atoms with Crippen LogP contribution >= 0.6 is 22.9 Å². The zero-order chi connectivity index (χ0) is 17.2. The third kappa shape index (κ3) is 4.08. The summed E-state index contributed by atoms with van der Waals surface area (Å²) in [6.45, 7) is 3.92. The Morgan fingerprint density at radius 3 is 2.75 bits per heavy atom. The largest absolute Gasteiger partial charge is 0.380 e. The zero-order valence-corrected chi connectivity index (χ0v) is 15.8. The van der Waals surface area contributed by atoms with E-state index in [9.17, 15) is 8.42 Å². The molecule has 1 aromatic heterocycles. The number of piperidine rings is 1. The molecule has 1 aliphatic heterocycles. The van der Waals surface area contributed by atoms with Gasteiger partial charge in [-0.3, -0.25) is 0 Å². The molecule has 5 nitrogen and oxygen atoms in total. The van der Waals surface area contributed by atoms with Gasteiger partial charge >= 0.3 is 0 Å². The van der Waals surface area contributed by atoms with Crippen LogP contribution in [0.4, 0.5) is 5.69 Å². The number of nitrogens with zero attached hydrogens (tertiary/aromatic N) is 2. The molecule has 0 radical (unpaired) electrons. The van der Waals surface area contributed by atoms with Crippen LogP contribution in [0, 0.1) is 5.92 Å². The number of nitrogens with one attached hydrogen (secondary N) is 1. The molecule has 130 valence electrons. The molecular weight excluding hydrogens is 366 g/mol. The van der Waals surface area contributed by atoms with Gasteiger partial charge in [-0.15, -0.1) is 11.3 Å². The number of sulfonamides is 1. The van der Waals surface area contributed by atoms with Gasteiger partial charge in [0.05, 0.1) is 11.4 Å². The van der Waals surface area contributed by atoms with E-state index in [2.05, 4.69) is 17.2 Å². The van der Waals surface area contributed by atoms with E-state index in [4.69, 9.17) is 11.6 Å². The Hall–Kier alpha value is -1.15. The summed E-state index contributed by atoms with van der Waals surface area (Å²) in [6, 6.07) is 6.92. The molecule has 0 aliphatic carbocycles. The maximum Gasteiger partial charge on any atom is 0.243 e. The Morgan fingerprint density at radius 1 is 1.38 bits per heavy atom. The van der Waals surface area contributed by atoms with Crippen LogP contribution in [0.5, 0.6) is 0 Å². The molecule has 0 bridgehead atoms. The van der Waals surface area contributed by atoms with Crippen molar-refractivity contribution in [3.63, 3.8) is 0 Å². The number of hydrogen-bond acceptors (Lipinski definition) is 5. The second-order valence-electron chi connectivity index (χ2n) is 6.07. The van der Waals surface area contributed by atoms with Crippen molar-refractivity contribution in [1.29, 1.82) is 0 Å². The van der Waals surface area contributed by atoms with Crippen LogP contribution in [0.2, 0.25) is 4.47 Å². The third-order valence-electron chi connectivity index (χ3n) is 4.10. The molecule has 1 fully saturated rings. The first-order valence-corrected chi connectivity index (χ1v) is 10.5. The molecule has 24 heavy (non-hydrogen) atoms. The summed E-state index contributed by atoms with van der Waals surface area (Å²) in [5.41, 5.74) is 0.866. The first-order valence-electron chi connectivity index (χ1n) is 7.89. The zero-order valence-electron chi connectivity index (χ0n) is 13.4. The first-order chi connectivity index (χ1) is 11.4. The summed E-state index contributed by atoms with van der Waals surface area (Å²) in [7, 11) is -3.40. The van der Waals surface area contributed by atoms with Crippen molar-refractivity contribution in [1.82, 2.24) is 9.29 Å². The minimum absolute atomic E-state index is 0.350. The van der Waals surface area contributed by atoms with E-state index >= 15 is 0 Å². The first kappa shape index (κ1) is 17.7. The summed E-state index contributed by atoms with van der Waals surface area (Å²) in [6.07, 6.45) is 3.75. The Balaban J connectivity index is 1.67. The third-order valence-corrected chi connectivity index (χ3v) is 7.10. The molecule has 0 saturated carbocycles. The van der Waals surface area contributed by atoms with E-state index in [1.54, 1.807) is 34.8 Å². The molecule has 2 aromatic rings. The van der Waals surface area contributed by atoms with E-state index in [-0.39, 0.29) is 0 Å². The standard InChI is InChI=1S/C16H20ClN3O2S2/c1-12-3-2-8-20(11-12)24(21,22)15-6-4-13(5-7-15)18-9-14-10-19-16(17)23-14/h4-7,10,12,18H,2-3,8-9,11H2,1H3. The fourth-order valence-electron chi connectivity index (χ4n) is 2.81. The van der Waals surface area contributed by atoms with Gasteiger partial charge in [-0.1, -0.05) is 18.5 Å². The van der Waals surface area contributed by atoms with E-state index in [0.29, 0.717) is 34.9 Å². The SMILES string of the molecule is CC1CCCN(S(=O)(=O)c2ccc(NCc3cnc(Cl)s3)cc2)C1. The fraction of sp³-hybridized carbons (Fsp3) is 0.438. The van der Waals surface area contributed by atoms with Gasteiger partial charge in [0.1, 0.15) is 0 Å². The number of thiazole rings is 1. The van der Waals surface area contributed by atoms with Crippen LogP contribution in [0.1, 0.15) is 24.6 Å². The monoisotopic (exact) mass is 385 g/mol. The van der Waals surface area contributed by atoms with E-state index in [1.165, 1.54) is 11.3 Å². The van der Waals surface area contributed by atoms with Gasteiger partial charge in [0, 0.05) is 29.9 Å². The predicted molar refractivity (Wildman–Crippen MR) is 98.0 cm³/mol. The molecule has 1 atom stereocenters. The number of halogens is 1. The maximum atomic E-state index is 12.7. The molecule has 1 saturated heterocycles. The van der Waals surface area contributed by atoms with Crippen molar-refractivity contribution in [2.75, 3.05) is 18.4 Å². The summed E-state index contributed by atoms with van der Waals surface area (Å²) >= 11 is 7.23. The fourth-order valence-corrected chi connectivity index (χ4v) is 5.33. The molecule has 1 unspecified atom stereocenters. The normalized spacial score (nSPS) is 19.3. The van der Waals surface area contributed by atoms with Crippen molar-refractivity contribution < 1.29 is 8.42 Å². The van der Waals surface area contributed by atoms with Crippen LogP contribution in [0.3, 0.4) is 0 Å². The summed E-state index contributed by atoms with van der Waals surface area (Å²) in [5.74, 6) is 0.417. The summed E-state index contributed by atoms with van der Waals surface area (Å²) < 4.78 is 27.5. The van der Waals surface area contributed by atoms with E-state index < -0.39 is 10.0 Å². The van der Waals surface area contributed by atoms with Gasteiger partial charge < -0.3 is 5.32 Å². The Bertz CT molecular complexity index is 790. The minimum atomic E-state index is -3.40. The van der Waals surface area contributed by atoms with Crippen molar-refractivity contribution >= 4 is 38.6 Å². The van der Waals surface area contributed by atoms with Crippen molar-refractivity contribution in [3.8, 4) is 0 Å². The predicted octanol–water partition coefficient (Wildman–Crippen LogP) is 3.83.